The number of nitrogens with zero attached hydrogens (tertiary/aromatic N) is 1. The molecule has 102 valence electrons. The molecule has 0 bridgehead atoms. The van der Waals surface area contributed by atoms with Gasteiger partial charge in [-0.2, -0.15) is 5.26 Å². The SMILES string of the molecule is N#Cc1ccc(Cl)cc1NCCCOc1ccccc1. The second kappa shape index (κ2) is 7.42. The van der Waals surface area contributed by atoms with Crippen LogP contribution in [0.3, 0.4) is 0 Å². The molecule has 0 saturated heterocycles. The van der Waals surface area contributed by atoms with Crippen molar-refractivity contribution in [3.63, 3.8) is 0 Å². The zero-order chi connectivity index (χ0) is 14.2. The third-order valence-electron chi connectivity index (χ3n) is 2.75. The van der Waals surface area contributed by atoms with Gasteiger partial charge in [-0.05, 0) is 36.8 Å². The molecule has 0 saturated carbocycles. The van der Waals surface area contributed by atoms with Gasteiger partial charge in [0.1, 0.15) is 11.8 Å². The van der Waals surface area contributed by atoms with Crippen LogP contribution in [0.1, 0.15) is 12.0 Å². The van der Waals surface area contributed by atoms with Gasteiger partial charge in [0.15, 0.2) is 0 Å². The number of ether oxygens (including phenoxy) is 1. The molecule has 2 aromatic carbocycles. The van der Waals surface area contributed by atoms with E-state index in [1.165, 1.54) is 0 Å². The predicted molar refractivity (Wildman–Crippen MR) is 81.2 cm³/mol. The van der Waals surface area contributed by atoms with Gasteiger partial charge in [0.05, 0.1) is 17.9 Å². The molecule has 0 aliphatic heterocycles. The highest BCUT2D eigenvalue weighted by Gasteiger charge is 2.02. The Morgan fingerprint density at radius 2 is 1.95 bits per heavy atom. The number of hydrogen-bond donors (Lipinski definition) is 1. The van der Waals surface area contributed by atoms with Crippen LogP contribution in [-0.4, -0.2) is 13.2 Å². The molecule has 0 heterocycles. The highest BCUT2D eigenvalue weighted by atomic mass is 35.5. The maximum absolute atomic E-state index is 9.00. The first kappa shape index (κ1) is 14.2. The monoisotopic (exact) mass is 286 g/mol. The topological polar surface area (TPSA) is 45.0 Å². The largest absolute Gasteiger partial charge is 0.494 e. The first-order chi connectivity index (χ1) is 9.79. The molecule has 2 rings (SSSR count). The summed E-state index contributed by atoms with van der Waals surface area (Å²) in [4.78, 5) is 0. The lowest BCUT2D eigenvalue weighted by molar-refractivity contribution is 0.315. The summed E-state index contributed by atoms with van der Waals surface area (Å²) in [5.74, 6) is 0.868. The fraction of sp³-hybridized carbons (Fsp3) is 0.188. The van der Waals surface area contributed by atoms with Crippen molar-refractivity contribution in [1.82, 2.24) is 0 Å². The Labute approximate surface area is 123 Å². The molecule has 20 heavy (non-hydrogen) atoms. The highest BCUT2D eigenvalue weighted by Crippen LogP contribution is 2.20. The van der Waals surface area contributed by atoms with E-state index in [1.54, 1.807) is 18.2 Å². The first-order valence-corrected chi connectivity index (χ1v) is 6.79. The number of benzene rings is 2. The number of rotatable bonds is 6. The normalized spacial score (nSPS) is 9.80. The average Bonchev–Trinajstić information content (AvgIpc) is 2.48. The molecular formula is C16H15ClN2O. The number of nitriles is 1. The van der Waals surface area contributed by atoms with Crippen LogP contribution in [0.2, 0.25) is 5.02 Å². The molecule has 1 N–H and O–H groups in total. The minimum absolute atomic E-state index is 0.596. The van der Waals surface area contributed by atoms with Crippen molar-refractivity contribution in [3.8, 4) is 11.8 Å². The number of hydrogen-bond acceptors (Lipinski definition) is 3. The fourth-order valence-corrected chi connectivity index (χ4v) is 1.93. The zero-order valence-electron chi connectivity index (χ0n) is 11.0. The van der Waals surface area contributed by atoms with Gasteiger partial charge in [-0.15, -0.1) is 0 Å². The van der Waals surface area contributed by atoms with Crippen molar-refractivity contribution < 1.29 is 4.74 Å². The Balaban J connectivity index is 1.76. The van der Waals surface area contributed by atoms with Gasteiger partial charge < -0.3 is 10.1 Å². The minimum atomic E-state index is 0.596. The van der Waals surface area contributed by atoms with E-state index in [1.807, 2.05) is 30.3 Å². The van der Waals surface area contributed by atoms with Gasteiger partial charge in [0, 0.05) is 11.6 Å². The lowest BCUT2D eigenvalue weighted by Crippen LogP contribution is -2.08. The Hall–Kier alpha value is -2.18. The van der Waals surface area contributed by atoms with Gasteiger partial charge >= 0.3 is 0 Å². The fourth-order valence-electron chi connectivity index (χ4n) is 1.76. The molecule has 0 fully saturated rings. The van der Waals surface area contributed by atoms with Crippen LogP contribution in [0.5, 0.6) is 5.75 Å². The average molecular weight is 287 g/mol. The molecule has 4 heteroatoms. The third kappa shape index (κ3) is 4.18. The lowest BCUT2D eigenvalue weighted by Gasteiger charge is -2.09. The lowest BCUT2D eigenvalue weighted by atomic mass is 10.2. The maximum atomic E-state index is 9.00. The van der Waals surface area contributed by atoms with E-state index in [9.17, 15) is 0 Å². The molecular weight excluding hydrogens is 272 g/mol. The third-order valence-corrected chi connectivity index (χ3v) is 2.99. The summed E-state index contributed by atoms with van der Waals surface area (Å²) in [5, 5.41) is 12.8. The van der Waals surface area contributed by atoms with E-state index >= 15 is 0 Å². The van der Waals surface area contributed by atoms with Crippen LogP contribution in [0, 0.1) is 11.3 Å². The van der Waals surface area contributed by atoms with E-state index in [2.05, 4.69) is 11.4 Å². The Morgan fingerprint density at radius 3 is 2.70 bits per heavy atom. The first-order valence-electron chi connectivity index (χ1n) is 6.41. The summed E-state index contributed by atoms with van der Waals surface area (Å²) in [7, 11) is 0. The summed E-state index contributed by atoms with van der Waals surface area (Å²) in [6, 6.07) is 17.0. The predicted octanol–water partition coefficient (Wildman–Crippen LogP) is 4.09. The van der Waals surface area contributed by atoms with Crippen LogP contribution in [0.25, 0.3) is 0 Å². The maximum Gasteiger partial charge on any atom is 0.119 e. The second-order valence-electron chi connectivity index (χ2n) is 4.24. The van der Waals surface area contributed by atoms with E-state index < -0.39 is 0 Å². The minimum Gasteiger partial charge on any atom is -0.494 e. The van der Waals surface area contributed by atoms with Gasteiger partial charge in [-0.3, -0.25) is 0 Å². The number of nitrogens with one attached hydrogen (secondary N) is 1. The molecule has 0 aliphatic rings. The molecule has 0 aliphatic carbocycles. The smallest absolute Gasteiger partial charge is 0.119 e. The Morgan fingerprint density at radius 1 is 1.15 bits per heavy atom. The van der Waals surface area contributed by atoms with Crippen LogP contribution >= 0.6 is 11.6 Å². The summed E-state index contributed by atoms with van der Waals surface area (Å²) in [6.45, 7) is 1.35. The van der Waals surface area contributed by atoms with Crippen LogP contribution in [0.4, 0.5) is 5.69 Å². The quantitative estimate of drug-likeness (QED) is 0.814. The summed E-state index contributed by atoms with van der Waals surface area (Å²) >= 11 is 5.92. The molecule has 0 spiro atoms. The van der Waals surface area contributed by atoms with E-state index in [0.29, 0.717) is 17.2 Å². The molecule has 0 radical (unpaired) electrons. The zero-order valence-corrected chi connectivity index (χ0v) is 11.7. The van der Waals surface area contributed by atoms with E-state index in [-0.39, 0.29) is 0 Å². The Kier molecular flexibility index (Phi) is 5.28. The van der Waals surface area contributed by atoms with Crippen LogP contribution in [0.15, 0.2) is 48.5 Å². The van der Waals surface area contributed by atoms with Crippen molar-refractivity contribution in [3.05, 3.63) is 59.1 Å². The second-order valence-corrected chi connectivity index (χ2v) is 4.68. The van der Waals surface area contributed by atoms with Gasteiger partial charge in [0.2, 0.25) is 0 Å². The van der Waals surface area contributed by atoms with Crippen molar-refractivity contribution in [2.75, 3.05) is 18.5 Å². The number of para-hydroxylation sites is 1. The summed E-state index contributed by atoms with van der Waals surface area (Å²) in [5.41, 5.74) is 1.36. The molecule has 3 nitrogen and oxygen atoms in total. The van der Waals surface area contributed by atoms with E-state index in [0.717, 1.165) is 24.4 Å². The summed E-state index contributed by atoms with van der Waals surface area (Å²) < 4.78 is 5.59. The number of halogens is 1. The van der Waals surface area contributed by atoms with Crippen molar-refractivity contribution in [2.45, 2.75) is 6.42 Å². The van der Waals surface area contributed by atoms with Crippen molar-refractivity contribution in [2.24, 2.45) is 0 Å². The molecule has 0 aromatic heterocycles. The van der Waals surface area contributed by atoms with Gasteiger partial charge in [-0.25, -0.2) is 0 Å². The van der Waals surface area contributed by atoms with Crippen molar-refractivity contribution in [1.29, 1.82) is 5.26 Å². The highest BCUT2D eigenvalue weighted by molar-refractivity contribution is 6.30. The molecule has 0 unspecified atom stereocenters. The van der Waals surface area contributed by atoms with Crippen molar-refractivity contribution >= 4 is 17.3 Å². The van der Waals surface area contributed by atoms with Crippen LogP contribution < -0.4 is 10.1 Å². The van der Waals surface area contributed by atoms with Crippen LogP contribution in [-0.2, 0) is 0 Å². The standard InChI is InChI=1S/C16H15ClN2O/c17-14-8-7-13(12-18)16(11-14)19-9-4-10-20-15-5-2-1-3-6-15/h1-3,5-8,11,19H,4,9-10H2. The molecule has 2 aromatic rings. The summed E-state index contributed by atoms with van der Waals surface area (Å²) in [6.07, 6.45) is 0.840. The molecule has 0 atom stereocenters. The number of anilines is 1. The molecule has 0 amide bonds. The van der Waals surface area contributed by atoms with E-state index in [4.69, 9.17) is 21.6 Å². The van der Waals surface area contributed by atoms with Gasteiger partial charge in [-0.1, -0.05) is 29.8 Å². The van der Waals surface area contributed by atoms with Gasteiger partial charge in [0.25, 0.3) is 0 Å². The Bertz CT molecular complexity index is 593.